The topological polar surface area (TPSA) is 81.7 Å². The molecule has 36 heavy (non-hydrogen) atoms. The van der Waals surface area contributed by atoms with E-state index in [9.17, 15) is 9.59 Å². The van der Waals surface area contributed by atoms with Gasteiger partial charge in [-0.15, -0.1) is 10.2 Å². The van der Waals surface area contributed by atoms with Crippen molar-refractivity contribution in [2.45, 2.75) is 19.9 Å². The Morgan fingerprint density at radius 3 is 2.44 bits per heavy atom. The summed E-state index contributed by atoms with van der Waals surface area (Å²) in [5.74, 6) is 0.715. The maximum absolute atomic E-state index is 13.2. The molecule has 2 aromatic carbocycles. The number of anilines is 1. The summed E-state index contributed by atoms with van der Waals surface area (Å²) in [5, 5.41) is 12.3. The van der Waals surface area contributed by atoms with Gasteiger partial charge in [-0.3, -0.25) is 4.79 Å². The minimum Gasteiger partial charge on any atom is -0.353 e. The number of hydrogen-bond donors (Lipinski definition) is 1. The standard InChI is InChI=1S/C27H31ClN6O2/c1-2-29-27(36)34(19-21-9-4-3-5-10-21)20-26(35)33-16-8-15-32(17-18-33)25-14-13-24(30-31-25)22-11-6-7-12-23(22)28/h3-7,9-14H,2,8,15-20H2,1H3,(H,29,36). The second-order valence-electron chi connectivity index (χ2n) is 8.66. The van der Waals surface area contributed by atoms with Gasteiger partial charge < -0.3 is 20.0 Å². The van der Waals surface area contributed by atoms with Crippen LogP contribution in [0, 0.1) is 0 Å². The molecule has 1 aromatic heterocycles. The Hall–Kier alpha value is -3.65. The average molecular weight is 507 g/mol. The molecule has 1 aliphatic heterocycles. The largest absolute Gasteiger partial charge is 0.353 e. The number of rotatable bonds is 7. The fourth-order valence-electron chi connectivity index (χ4n) is 4.23. The van der Waals surface area contributed by atoms with Crippen LogP contribution < -0.4 is 10.2 Å². The highest BCUT2D eigenvalue weighted by Crippen LogP contribution is 2.26. The van der Waals surface area contributed by atoms with E-state index in [1.54, 1.807) is 4.90 Å². The molecule has 3 amide bonds. The molecular weight excluding hydrogens is 476 g/mol. The zero-order chi connectivity index (χ0) is 25.3. The second-order valence-corrected chi connectivity index (χ2v) is 9.06. The summed E-state index contributed by atoms with van der Waals surface area (Å²) in [7, 11) is 0. The summed E-state index contributed by atoms with van der Waals surface area (Å²) >= 11 is 6.29. The quantitative estimate of drug-likeness (QED) is 0.522. The molecule has 0 bridgehead atoms. The molecule has 9 heteroatoms. The van der Waals surface area contributed by atoms with E-state index in [-0.39, 0.29) is 18.5 Å². The van der Waals surface area contributed by atoms with Gasteiger partial charge in [-0.25, -0.2) is 4.79 Å². The molecule has 0 atom stereocenters. The third-order valence-corrected chi connectivity index (χ3v) is 6.46. The first kappa shape index (κ1) is 25.4. The lowest BCUT2D eigenvalue weighted by atomic mass is 10.1. The van der Waals surface area contributed by atoms with Crippen LogP contribution in [0.2, 0.25) is 5.02 Å². The first-order chi connectivity index (χ1) is 17.5. The van der Waals surface area contributed by atoms with Crippen molar-refractivity contribution in [3.05, 3.63) is 77.3 Å². The third-order valence-electron chi connectivity index (χ3n) is 6.13. The fourth-order valence-corrected chi connectivity index (χ4v) is 4.46. The van der Waals surface area contributed by atoms with Crippen molar-refractivity contribution in [3.63, 3.8) is 0 Å². The first-order valence-corrected chi connectivity index (χ1v) is 12.6. The van der Waals surface area contributed by atoms with Gasteiger partial charge in [0.15, 0.2) is 5.82 Å². The normalized spacial score (nSPS) is 13.7. The van der Waals surface area contributed by atoms with Gasteiger partial charge in [0.2, 0.25) is 5.91 Å². The number of hydrogen-bond acceptors (Lipinski definition) is 5. The van der Waals surface area contributed by atoms with Crippen molar-refractivity contribution in [3.8, 4) is 11.3 Å². The van der Waals surface area contributed by atoms with Gasteiger partial charge in [0.1, 0.15) is 6.54 Å². The van der Waals surface area contributed by atoms with Crippen LogP contribution in [-0.4, -0.2) is 71.2 Å². The zero-order valence-corrected chi connectivity index (χ0v) is 21.2. The van der Waals surface area contributed by atoms with Crippen LogP contribution in [-0.2, 0) is 11.3 Å². The van der Waals surface area contributed by atoms with Crippen LogP contribution in [0.1, 0.15) is 18.9 Å². The molecule has 3 aromatic rings. The van der Waals surface area contributed by atoms with Crippen LogP contribution in [0.4, 0.5) is 10.6 Å². The maximum Gasteiger partial charge on any atom is 0.318 e. The molecule has 2 heterocycles. The first-order valence-electron chi connectivity index (χ1n) is 12.2. The Morgan fingerprint density at radius 2 is 1.72 bits per heavy atom. The van der Waals surface area contributed by atoms with E-state index in [1.807, 2.05) is 78.6 Å². The van der Waals surface area contributed by atoms with E-state index < -0.39 is 0 Å². The molecule has 0 unspecified atom stereocenters. The summed E-state index contributed by atoms with van der Waals surface area (Å²) in [6.07, 6.45) is 0.805. The van der Waals surface area contributed by atoms with Crippen LogP contribution in [0.15, 0.2) is 66.7 Å². The number of urea groups is 1. The van der Waals surface area contributed by atoms with Gasteiger partial charge in [-0.05, 0) is 37.1 Å². The monoisotopic (exact) mass is 506 g/mol. The smallest absolute Gasteiger partial charge is 0.318 e. The number of aromatic nitrogens is 2. The molecule has 1 N–H and O–H groups in total. The zero-order valence-electron chi connectivity index (χ0n) is 20.4. The van der Waals surface area contributed by atoms with Crippen LogP contribution >= 0.6 is 11.6 Å². The maximum atomic E-state index is 13.2. The number of nitrogens with one attached hydrogen (secondary N) is 1. The number of benzene rings is 2. The molecule has 188 valence electrons. The summed E-state index contributed by atoms with van der Waals surface area (Å²) in [6, 6.07) is 20.9. The molecular formula is C27H31ClN6O2. The van der Waals surface area contributed by atoms with Crippen molar-refractivity contribution < 1.29 is 9.59 Å². The highest BCUT2D eigenvalue weighted by molar-refractivity contribution is 6.33. The molecule has 4 rings (SSSR count). The van der Waals surface area contributed by atoms with Crippen LogP contribution in [0.25, 0.3) is 11.3 Å². The third kappa shape index (κ3) is 6.51. The van der Waals surface area contributed by atoms with E-state index in [0.29, 0.717) is 37.7 Å². The van der Waals surface area contributed by atoms with Crippen LogP contribution in [0.5, 0.6) is 0 Å². The number of amides is 3. The predicted octanol–water partition coefficient (Wildman–Crippen LogP) is 4.07. The summed E-state index contributed by atoms with van der Waals surface area (Å²) in [5.41, 5.74) is 2.55. The van der Waals surface area contributed by atoms with Gasteiger partial charge >= 0.3 is 6.03 Å². The molecule has 0 saturated carbocycles. The van der Waals surface area contributed by atoms with Gasteiger partial charge in [0.25, 0.3) is 0 Å². The Morgan fingerprint density at radius 1 is 0.944 bits per heavy atom. The number of carbonyl (C=O) groups is 2. The van der Waals surface area contributed by atoms with E-state index in [0.717, 1.165) is 35.6 Å². The van der Waals surface area contributed by atoms with Crippen molar-refractivity contribution in [1.82, 2.24) is 25.3 Å². The number of halogens is 1. The average Bonchev–Trinajstić information content (AvgIpc) is 3.16. The minimum atomic E-state index is -0.236. The Labute approximate surface area is 216 Å². The van der Waals surface area contributed by atoms with Crippen molar-refractivity contribution >= 4 is 29.4 Å². The minimum absolute atomic E-state index is 0.0348. The van der Waals surface area contributed by atoms with Gasteiger partial charge in [0, 0.05) is 44.8 Å². The van der Waals surface area contributed by atoms with Gasteiger partial charge in [-0.1, -0.05) is 60.1 Å². The Balaban J connectivity index is 1.37. The second kappa shape index (κ2) is 12.4. The van der Waals surface area contributed by atoms with Crippen LogP contribution in [0.3, 0.4) is 0 Å². The molecule has 0 spiro atoms. The molecule has 0 radical (unpaired) electrons. The highest BCUT2D eigenvalue weighted by Gasteiger charge is 2.24. The lowest BCUT2D eigenvalue weighted by molar-refractivity contribution is -0.131. The molecule has 1 aliphatic rings. The predicted molar refractivity (Wildman–Crippen MR) is 142 cm³/mol. The molecule has 8 nitrogen and oxygen atoms in total. The molecule has 1 saturated heterocycles. The summed E-state index contributed by atoms with van der Waals surface area (Å²) < 4.78 is 0. The lowest BCUT2D eigenvalue weighted by Gasteiger charge is -2.27. The molecule has 1 fully saturated rings. The fraction of sp³-hybridized carbons (Fsp3) is 0.333. The van der Waals surface area contributed by atoms with E-state index in [2.05, 4.69) is 20.4 Å². The van der Waals surface area contributed by atoms with Gasteiger partial charge in [0.05, 0.1) is 10.7 Å². The van der Waals surface area contributed by atoms with E-state index >= 15 is 0 Å². The summed E-state index contributed by atoms with van der Waals surface area (Å²) in [6.45, 7) is 5.40. The van der Waals surface area contributed by atoms with E-state index in [1.165, 1.54) is 0 Å². The van der Waals surface area contributed by atoms with Crippen molar-refractivity contribution in [1.29, 1.82) is 0 Å². The van der Waals surface area contributed by atoms with Crippen molar-refractivity contribution in [2.24, 2.45) is 0 Å². The van der Waals surface area contributed by atoms with Gasteiger partial charge in [-0.2, -0.15) is 0 Å². The highest BCUT2D eigenvalue weighted by atomic mass is 35.5. The lowest BCUT2D eigenvalue weighted by Crippen LogP contribution is -2.47. The SMILES string of the molecule is CCNC(=O)N(CC(=O)N1CCCN(c2ccc(-c3ccccc3Cl)nn2)CC1)Cc1ccccc1. The molecule has 0 aliphatic carbocycles. The number of carbonyl (C=O) groups excluding carboxylic acids is 2. The van der Waals surface area contributed by atoms with E-state index in [4.69, 9.17) is 11.6 Å². The summed E-state index contributed by atoms with van der Waals surface area (Å²) in [4.78, 5) is 31.4. The van der Waals surface area contributed by atoms with Crippen molar-refractivity contribution in [2.75, 3.05) is 44.2 Å². The Bertz CT molecular complexity index is 1160. The number of nitrogens with zero attached hydrogens (tertiary/aromatic N) is 5. The Kier molecular flexibility index (Phi) is 8.73.